The third-order valence-electron chi connectivity index (χ3n) is 5.04. The number of aromatic nitrogens is 2. The fourth-order valence-corrected chi connectivity index (χ4v) is 5.61. The summed E-state index contributed by atoms with van der Waals surface area (Å²) in [5.41, 5.74) is 1.02. The highest BCUT2D eigenvalue weighted by atomic mass is 35.5. The molecule has 12 heteroatoms. The summed E-state index contributed by atoms with van der Waals surface area (Å²) < 4.78 is 38.6. The summed E-state index contributed by atoms with van der Waals surface area (Å²) in [5, 5.41) is 12.1. The van der Waals surface area contributed by atoms with Gasteiger partial charge in [-0.3, -0.25) is 14.4 Å². The number of carbonyl (C=O) groups is 1. The van der Waals surface area contributed by atoms with E-state index < -0.39 is 22.5 Å². The van der Waals surface area contributed by atoms with E-state index in [4.69, 9.17) is 21.1 Å². The van der Waals surface area contributed by atoms with E-state index in [9.17, 15) is 13.2 Å². The molecule has 1 amide bonds. The van der Waals surface area contributed by atoms with Crippen molar-refractivity contribution in [3.63, 3.8) is 0 Å². The Kier molecular flexibility index (Phi) is 7.73. The minimum Gasteiger partial charge on any atom is -0.493 e. The molecule has 3 aromatic carbocycles. The van der Waals surface area contributed by atoms with Crippen LogP contribution in [0.2, 0.25) is 5.02 Å². The van der Waals surface area contributed by atoms with Crippen LogP contribution in [0.1, 0.15) is 0 Å². The van der Waals surface area contributed by atoms with Crippen LogP contribution in [-0.2, 0) is 14.8 Å². The average Bonchev–Trinajstić information content (AvgIpc) is 3.36. The monoisotopic (exact) mass is 544 g/mol. The van der Waals surface area contributed by atoms with E-state index in [0.717, 1.165) is 21.2 Å². The van der Waals surface area contributed by atoms with Crippen LogP contribution >= 0.6 is 22.9 Å². The Bertz CT molecular complexity index is 1460. The van der Waals surface area contributed by atoms with Crippen molar-refractivity contribution in [2.45, 2.75) is 4.90 Å². The number of halogens is 1. The number of sulfonamides is 1. The second-order valence-corrected chi connectivity index (χ2v) is 10.6. The van der Waals surface area contributed by atoms with Gasteiger partial charge in [-0.2, -0.15) is 0 Å². The number of hydrogen-bond acceptors (Lipinski definition) is 8. The number of anilines is 2. The first-order valence-corrected chi connectivity index (χ1v) is 13.1. The number of ether oxygens (including phenoxy) is 2. The Balaban J connectivity index is 1.62. The molecule has 0 spiro atoms. The van der Waals surface area contributed by atoms with Crippen molar-refractivity contribution in [2.75, 3.05) is 30.4 Å². The van der Waals surface area contributed by atoms with Crippen LogP contribution in [0.25, 0.3) is 10.6 Å². The normalized spacial score (nSPS) is 11.1. The van der Waals surface area contributed by atoms with Gasteiger partial charge in [0, 0.05) is 16.7 Å². The molecule has 0 radical (unpaired) electrons. The molecular formula is C24H21ClN4O5S2. The van der Waals surface area contributed by atoms with Gasteiger partial charge in [-0.15, -0.1) is 10.2 Å². The number of amides is 1. The summed E-state index contributed by atoms with van der Waals surface area (Å²) in [6.45, 7) is -0.511. The van der Waals surface area contributed by atoms with E-state index in [1.54, 1.807) is 54.6 Å². The molecule has 0 saturated heterocycles. The lowest BCUT2D eigenvalue weighted by Gasteiger charge is -2.24. The third kappa shape index (κ3) is 5.59. The molecular weight excluding hydrogens is 524 g/mol. The molecule has 0 aliphatic heterocycles. The Labute approximate surface area is 217 Å². The van der Waals surface area contributed by atoms with E-state index >= 15 is 0 Å². The lowest BCUT2D eigenvalue weighted by molar-refractivity contribution is -0.114. The number of hydrogen-bond donors (Lipinski definition) is 1. The topological polar surface area (TPSA) is 111 Å². The van der Waals surface area contributed by atoms with Crippen LogP contribution in [0.3, 0.4) is 0 Å². The number of methoxy groups -OCH3 is 2. The van der Waals surface area contributed by atoms with Crippen molar-refractivity contribution in [2.24, 2.45) is 0 Å². The quantitative estimate of drug-likeness (QED) is 0.325. The number of nitrogens with zero attached hydrogens (tertiary/aromatic N) is 3. The summed E-state index contributed by atoms with van der Waals surface area (Å²) >= 11 is 7.09. The molecule has 0 aliphatic carbocycles. The van der Waals surface area contributed by atoms with Gasteiger partial charge in [0.05, 0.1) is 24.8 Å². The molecule has 1 heterocycles. The van der Waals surface area contributed by atoms with Crippen LogP contribution in [0.5, 0.6) is 11.5 Å². The standard InChI is InChI=1S/C24H21ClN4O5S2/c1-33-20-13-12-18(14-21(20)34-2)29(36(31,32)19-6-4-3-5-7-19)15-22(30)26-24-28-27-23(35-24)16-8-10-17(25)11-9-16/h3-14H,15H2,1-2H3,(H,26,28,30). The fourth-order valence-electron chi connectivity index (χ4n) is 3.29. The first kappa shape index (κ1) is 25.4. The third-order valence-corrected chi connectivity index (χ3v) is 7.96. The Morgan fingerprint density at radius 1 is 0.972 bits per heavy atom. The molecule has 0 unspecified atom stereocenters. The molecule has 4 rings (SSSR count). The van der Waals surface area contributed by atoms with Gasteiger partial charge in [-0.25, -0.2) is 8.42 Å². The summed E-state index contributed by atoms with van der Waals surface area (Å²) in [5.74, 6) is 0.148. The van der Waals surface area contributed by atoms with Crippen molar-refractivity contribution in [1.29, 1.82) is 0 Å². The molecule has 186 valence electrons. The zero-order valence-corrected chi connectivity index (χ0v) is 21.6. The highest BCUT2D eigenvalue weighted by molar-refractivity contribution is 7.92. The van der Waals surface area contributed by atoms with Crippen molar-refractivity contribution in [3.8, 4) is 22.1 Å². The Morgan fingerprint density at radius 3 is 2.33 bits per heavy atom. The largest absolute Gasteiger partial charge is 0.493 e. The van der Waals surface area contributed by atoms with E-state index in [1.165, 1.54) is 32.4 Å². The lowest BCUT2D eigenvalue weighted by atomic mass is 10.2. The Morgan fingerprint density at radius 2 is 1.67 bits per heavy atom. The minimum atomic E-state index is -4.10. The van der Waals surface area contributed by atoms with Gasteiger partial charge in [0.2, 0.25) is 11.0 Å². The van der Waals surface area contributed by atoms with Crippen LogP contribution in [0, 0.1) is 0 Å². The van der Waals surface area contributed by atoms with E-state index in [2.05, 4.69) is 15.5 Å². The smallest absolute Gasteiger partial charge is 0.264 e. The Hall–Kier alpha value is -3.67. The van der Waals surface area contributed by atoms with Gasteiger partial charge >= 0.3 is 0 Å². The minimum absolute atomic E-state index is 0.0357. The predicted octanol–water partition coefficient (Wildman–Crippen LogP) is 4.71. The van der Waals surface area contributed by atoms with E-state index in [0.29, 0.717) is 21.5 Å². The zero-order chi connectivity index (χ0) is 25.7. The van der Waals surface area contributed by atoms with Gasteiger partial charge in [0.15, 0.2) is 11.5 Å². The average molecular weight is 545 g/mol. The lowest BCUT2D eigenvalue weighted by Crippen LogP contribution is -2.38. The van der Waals surface area contributed by atoms with Gasteiger partial charge in [-0.05, 0) is 36.4 Å². The second kappa shape index (κ2) is 10.9. The molecule has 0 atom stereocenters. The van der Waals surface area contributed by atoms with Crippen LogP contribution in [-0.4, -0.2) is 45.3 Å². The maximum atomic E-state index is 13.5. The SMILES string of the molecule is COc1ccc(N(CC(=O)Nc2nnc(-c3ccc(Cl)cc3)s2)S(=O)(=O)c2ccccc2)cc1OC. The van der Waals surface area contributed by atoms with Gasteiger partial charge in [-0.1, -0.05) is 53.3 Å². The maximum Gasteiger partial charge on any atom is 0.264 e. The number of rotatable bonds is 9. The second-order valence-electron chi connectivity index (χ2n) is 7.33. The van der Waals surface area contributed by atoms with E-state index in [-0.39, 0.29) is 15.7 Å². The molecule has 4 aromatic rings. The van der Waals surface area contributed by atoms with Crippen molar-refractivity contribution in [3.05, 3.63) is 77.8 Å². The zero-order valence-electron chi connectivity index (χ0n) is 19.2. The molecule has 1 N–H and O–H groups in total. The predicted molar refractivity (Wildman–Crippen MR) is 140 cm³/mol. The van der Waals surface area contributed by atoms with Crippen LogP contribution in [0.15, 0.2) is 77.7 Å². The van der Waals surface area contributed by atoms with Crippen molar-refractivity contribution >= 4 is 49.7 Å². The molecule has 9 nitrogen and oxygen atoms in total. The first-order chi connectivity index (χ1) is 17.3. The van der Waals surface area contributed by atoms with E-state index in [1.807, 2.05) is 0 Å². The van der Waals surface area contributed by atoms with Gasteiger partial charge in [0.25, 0.3) is 10.0 Å². The molecule has 0 saturated carbocycles. The number of carbonyl (C=O) groups excluding carboxylic acids is 1. The molecule has 0 aliphatic rings. The molecule has 0 fully saturated rings. The van der Waals surface area contributed by atoms with Crippen molar-refractivity contribution in [1.82, 2.24) is 10.2 Å². The van der Waals surface area contributed by atoms with Gasteiger partial charge < -0.3 is 9.47 Å². The molecule has 0 bridgehead atoms. The maximum absolute atomic E-state index is 13.5. The highest BCUT2D eigenvalue weighted by Gasteiger charge is 2.28. The summed E-state index contributed by atoms with van der Waals surface area (Å²) in [7, 11) is -1.18. The van der Waals surface area contributed by atoms with Crippen LogP contribution in [0.4, 0.5) is 10.8 Å². The number of nitrogens with one attached hydrogen (secondary N) is 1. The number of benzene rings is 3. The molecule has 1 aromatic heterocycles. The summed E-state index contributed by atoms with van der Waals surface area (Å²) in [6.07, 6.45) is 0. The van der Waals surface area contributed by atoms with Crippen molar-refractivity contribution < 1.29 is 22.7 Å². The first-order valence-electron chi connectivity index (χ1n) is 10.5. The molecule has 36 heavy (non-hydrogen) atoms. The summed E-state index contributed by atoms with van der Waals surface area (Å²) in [6, 6.07) is 19.5. The van der Waals surface area contributed by atoms with Crippen LogP contribution < -0.4 is 19.1 Å². The summed E-state index contributed by atoms with van der Waals surface area (Å²) in [4.78, 5) is 13.0. The van der Waals surface area contributed by atoms with Gasteiger partial charge in [0.1, 0.15) is 11.6 Å². The highest BCUT2D eigenvalue weighted by Crippen LogP contribution is 2.34. The fraction of sp³-hybridized carbons (Fsp3) is 0.125.